The van der Waals surface area contributed by atoms with Gasteiger partial charge in [-0.25, -0.2) is 4.79 Å². The van der Waals surface area contributed by atoms with Crippen molar-refractivity contribution in [1.29, 1.82) is 0 Å². The second kappa shape index (κ2) is 5.97. The average Bonchev–Trinajstić information content (AvgIpc) is 2.99. The zero-order valence-corrected chi connectivity index (χ0v) is 10.6. The van der Waals surface area contributed by atoms with E-state index in [9.17, 15) is 9.59 Å². The Kier molecular flexibility index (Phi) is 4.33. The molecular weight excluding hydrogens is 254 g/mol. The second-order valence-electron chi connectivity index (χ2n) is 4.20. The molecule has 0 bridgehead atoms. The highest BCUT2D eigenvalue weighted by Crippen LogP contribution is 2.19. The molecule has 0 unspecified atom stereocenters. The Balaban J connectivity index is 1.71. The van der Waals surface area contributed by atoms with Gasteiger partial charge in [0.25, 0.3) is 0 Å². The monoisotopic (exact) mass is 269 g/mol. The van der Waals surface area contributed by atoms with Crippen LogP contribution in [-0.4, -0.2) is 35.7 Å². The number of amides is 1. The number of ether oxygens (including phenoxy) is 1. The van der Waals surface area contributed by atoms with Crippen molar-refractivity contribution in [3.8, 4) is 0 Å². The van der Waals surface area contributed by atoms with E-state index in [1.54, 1.807) is 11.3 Å². The van der Waals surface area contributed by atoms with Crippen LogP contribution >= 0.6 is 11.3 Å². The number of nitrogens with one attached hydrogen (secondary N) is 1. The third kappa shape index (κ3) is 3.30. The Bertz CT molecular complexity index is 418. The van der Waals surface area contributed by atoms with E-state index in [4.69, 9.17) is 9.84 Å². The van der Waals surface area contributed by atoms with Gasteiger partial charge in [-0.1, -0.05) is 0 Å². The maximum atomic E-state index is 11.7. The van der Waals surface area contributed by atoms with Crippen LogP contribution in [0.15, 0.2) is 16.8 Å². The van der Waals surface area contributed by atoms with Crippen LogP contribution in [0.2, 0.25) is 0 Å². The van der Waals surface area contributed by atoms with Crippen molar-refractivity contribution in [3.05, 3.63) is 22.4 Å². The lowest BCUT2D eigenvalue weighted by Gasteiger charge is -2.11. The average molecular weight is 269 g/mol. The number of carboxylic acids is 1. The second-order valence-corrected chi connectivity index (χ2v) is 4.98. The molecule has 1 aliphatic heterocycles. The molecule has 0 aliphatic carbocycles. The molecule has 2 atom stereocenters. The van der Waals surface area contributed by atoms with E-state index < -0.39 is 18.2 Å². The molecule has 2 rings (SSSR count). The molecule has 2 heterocycles. The Labute approximate surface area is 109 Å². The third-order valence-corrected chi connectivity index (χ3v) is 3.61. The summed E-state index contributed by atoms with van der Waals surface area (Å²) in [5.74, 6) is -1.21. The molecule has 1 saturated heterocycles. The third-order valence-electron chi connectivity index (χ3n) is 2.88. The van der Waals surface area contributed by atoms with Gasteiger partial charge in [-0.3, -0.25) is 4.79 Å². The van der Waals surface area contributed by atoms with Crippen molar-refractivity contribution in [2.24, 2.45) is 0 Å². The standard InChI is InChI=1S/C12H15NO4S/c14-11(9-1-2-10(17-9)12(15)16)13-5-3-8-4-6-18-7-8/h4,6-7,9-10H,1-3,5H2,(H,13,14)(H,15,16)/t9-,10+/m0/s1. The Morgan fingerprint density at radius 2 is 2.22 bits per heavy atom. The minimum absolute atomic E-state index is 0.214. The zero-order valence-electron chi connectivity index (χ0n) is 9.80. The number of carbonyl (C=O) groups excluding carboxylic acids is 1. The van der Waals surface area contributed by atoms with Gasteiger partial charge in [-0.15, -0.1) is 0 Å². The summed E-state index contributed by atoms with van der Waals surface area (Å²) in [6, 6.07) is 2.02. The first kappa shape index (κ1) is 13.0. The molecule has 18 heavy (non-hydrogen) atoms. The van der Waals surface area contributed by atoms with E-state index in [0.29, 0.717) is 19.4 Å². The van der Waals surface area contributed by atoms with Crippen LogP contribution < -0.4 is 5.32 Å². The summed E-state index contributed by atoms with van der Waals surface area (Å²) in [6.45, 7) is 0.549. The molecule has 1 aromatic rings. The minimum Gasteiger partial charge on any atom is -0.479 e. The molecule has 1 fully saturated rings. The fourth-order valence-corrected chi connectivity index (χ4v) is 2.59. The number of carboxylic acid groups (broad SMARTS) is 1. The molecule has 1 aromatic heterocycles. The molecule has 1 amide bonds. The maximum absolute atomic E-state index is 11.7. The molecule has 2 N–H and O–H groups in total. The van der Waals surface area contributed by atoms with Gasteiger partial charge in [0.05, 0.1) is 0 Å². The first-order chi connectivity index (χ1) is 8.66. The first-order valence-electron chi connectivity index (χ1n) is 5.84. The molecule has 0 spiro atoms. The number of aliphatic carboxylic acids is 1. The highest BCUT2D eigenvalue weighted by molar-refractivity contribution is 7.07. The maximum Gasteiger partial charge on any atom is 0.332 e. The normalized spacial score (nSPS) is 22.9. The summed E-state index contributed by atoms with van der Waals surface area (Å²) in [5, 5.41) is 15.6. The van der Waals surface area contributed by atoms with Gasteiger partial charge in [0.2, 0.25) is 5.91 Å². The van der Waals surface area contributed by atoms with Crippen LogP contribution in [0.1, 0.15) is 18.4 Å². The fourth-order valence-electron chi connectivity index (χ4n) is 1.89. The summed E-state index contributed by atoms with van der Waals surface area (Å²) < 4.78 is 5.16. The summed E-state index contributed by atoms with van der Waals surface area (Å²) in [5.41, 5.74) is 1.19. The lowest BCUT2D eigenvalue weighted by atomic mass is 10.2. The van der Waals surface area contributed by atoms with E-state index in [1.807, 2.05) is 16.8 Å². The topological polar surface area (TPSA) is 75.6 Å². The van der Waals surface area contributed by atoms with Gasteiger partial charge in [-0.2, -0.15) is 11.3 Å². The lowest BCUT2D eigenvalue weighted by molar-refractivity contribution is -0.151. The van der Waals surface area contributed by atoms with Gasteiger partial charge in [0.15, 0.2) is 6.10 Å². The smallest absolute Gasteiger partial charge is 0.332 e. The predicted molar refractivity (Wildman–Crippen MR) is 66.6 cm³/mol. The van der Waals surface area contributed by atoms with E-state index >= 15 is 0 Å². The Hall–Kier alpha value is -1.40. The lowest BCUT2D eigenvalue weighted by Crippen LogP contribution is -2.36. The molecule has 5 nitrogen and oxygen atoms in total. The van der Waals surface area contributed by atoms with Crippen LogP contribution in [0.25, 0.3) is 0 Å². The SMILES string of the molecule is O=C(NCCc1ccsc1)[C@@H]1CC[C@H](C(=O)O)O1. The highest BCUT2D eigenvalue weighted by atomic mass is 32.1. The Morgan fingerprint density at radius 3 is 2.83 bits per heavy atom. The molecule has 0 aromatic carbocycles. The predicted octanol–water partition coefficient (Wildman–Crippen LogP) is 1.04. The van der Waals surface area contributed by atoms with E-state index in [1.165, 1.54) is 5.56 Å². The van der Waals surface area contributed by atoms with Gasteiger partial charge in [0, 0.05) is 6.54 Å². The largest absolute Gasteiger partial charge is 0.479 e. The summed E-state index contributed by atoms with van der Waals surface area (Å²) >= 11 is 1.62. The fraction of sp³-hybridized carbons (Fsp3) is 0.500. The molecule has 0 saturated carbocycles. The van der Waals surface area contributed by atoms with Gasteiger partial charge < -0.3 is 15.2 Å². The number of rotatable bonds is 5. The quantitative estimate of drug-likeness (QED) is 0.837. The molecule has 6 heteroatoms. The number of thiophene rings is 1. The number of hydrogen-bond donors (Lipinski definition) is 2. The van der Waals surface area contributed by atoms with E-state index in [2.05, 4.69) is 5.32 Å². The Morgan fingerprint density at radius 1 is 1.44 bits per heavy atom. The van der Waals surface area contributed by atoms with Crippen molar-refractivity contribution in [1.82, 2.24) is 5.32 Å². The summed E-state index contributed by atoms with van der Waals surface area (Å²) in [7, 11) is 0. The van der Waals surface area contributed by atoms with Crippen molar-refractivity contribution in [3.63, 3.8) is 0 Å². The van der Waals surface area contributed by atoms with Crippen molar-refractivity contribution >= 4 is 23.2 Å². The minimum atomic E-state index is -0.997. The van der Waals surface area contributed by atoms with E-state index in [-0.39, 0.29) is 5.91 Å². The highest BCUT2D eigenvalue weighted by Gasteiger charge is 2.34. The van der Waals surface area contributed by atoms with Gasteiger partial charge in [-0.05, 0) is 41.7 Å². The van der Waals surface area contributed by atoms with Crippen molar-refractivity contribution in [2.75, 3.05) is 6.54 Å². The first-order valence-corrected chi connectivity index (χ1v) is 6.78. The van der Waals surface area contributed by atoms with Crippen LogP contribution in [0.3, 0.4) is 0 Å². The summed E-state index contributed by atoms with van der Waals surface area (Å²) in [4.78, 5) is 22.4. The van der Waals surface area contributed by atoms with Crippen LogP contribution in [0.4, 0.5) is 0 Å². The molecule has 1 aliphatic rings. The molecule has 98 valence electrons. The van der Waals surface area contributed by atoms with Crippen molar-refractivity contribution < 1.29 is 19.4 Å². The summed E-state index contributed by atoms with van der Waals surface area (Å²) in [6.07, 6.45) is 0.204. The number of hydrogen-bond acceptors (Lipinski definition) is 4. The molecule has 0 radical (unpaired) electrons. The van der Waals surface area contributed by atoms with Gasteiger partial charge >= 0.3 is 5.97 Å². The molecular formula is C12H15NO4S. The van der Waals surface area contributed by atoms with Crippen LogP contribution in [0.5, 0.6) is 0 Å². The van der Waals surface area contributed by atoms with E-state index in [0.717, 1.165) is 6.42 Å². The van der Waals surface area contributed by atoms with Crippen LogP contribution in [-0.2, 0) is 20.7 Å². The zero-order chi connectivity index (χ0) is 13.0. The van der Waals surface area contributed by atoms with Gasteiger partial charge in [0.1, 0.15) is 6.10 Å². The number of carbonyl (C=O) groups is 2. The van der Waals surface area contributed by atoms with Crippen LogP contribution in [0, 0.1) is 0 Å². The van der Waals surface area contributed by atoms with Crippen molar-refractivity contribution in [2.45, 2.75) is 31.5 Å².